The fourth-order valence-corrected chi connectivity index (χ4v) is 2.03. The van der Waals surface area contributed by atoms with E-state index in [1.807, 2.05) is 18.2 Å². The van der Waals surface area contributed by atoms with Gasteiger partial charge in [0.15, 0.2) is 0 Å². The first-order chi connectivity index (χ1) is 9.17. The number of benzene rings is 1. The fraction of sp³-hybridized carbons (Fsp3) is 0.375. The summed E-state index contributed by atoms with van der Waals surface area (Å²) in [7, 11) is 0. The van der Waals surface area contributed by atoms with Crippen molar-refractivity contribution in [2.75, 3.05) is 6.54 Å². The van der Waals surface area contributed by atoms with E-state index in [9.17, 15) is 0 Å². The average Bonchev–Trinajstić information content (AvgIpc) is 2.81. The van der Waals surface area contributed by atoms with Crippen LogP contribution in [0.4, 0.5) is 0 Å². The maximum Gasteiger partial charge on any atom is 0.146 e. The minimum Gasteiger partial charge on any atom is -0.486 e. The zero-order valence-corrected chi connectivity index (χ0v) is 11.8. The van der Waals surface area contributed by atoms with E-state index < -0.39 is 0 Å². The number of ether oxygens (including phenoxy) is 1. The Labute approximate surface area is 114 Å². The zero-order chi connectivity index (χ0) is 13.7. The highest BCUT2D eigenvalue weighted by molar-refractivity contribution is 5.33. The summed E-state index contributed by atoms with van der Waals surface area (Å²) >= 11 is 0. The Kier molecular flexibility index (Phi) is 4.63. The molecule has 0 atom stereocenters. The largest absolute Gasteiger partial charge is 0.486 e. The molecule has 0 radical (unpaired) electrons. The first-order valence-corrected chi connectivity index (χ1v) is 6.65. The van der Waals surface area contributed by atoms with E-state index in [1.165, 1.54) is 11.1 Å². The number of nitrogens with one attached hydrogen (secondary N) is 1. The van der Waals surface area contributed by atoms with Crippen LogP contribution in [0.5, 0.6) is 5.75 Å². The summed E-state index contributed by atoms with van der Waals surface area (Å²) < 4.78 is 11.2. The number of hydrogen-bond acceptors (Lipinski definition) is 3. The molecule has 1 aromatic heterocycles. The summed E-state index contributed by atoms with van der Waals surface area (Å²) in [5.74, 6) is 1.74. The van der Waals surface area contributed by atoms with Crippen molar-refractivity contribution in [1.82, 2.24) is 5.32 Å². The molecule has 3 heteroatoms. The predicted octanol–water partition coefficient (Wildman–Crippen LogP) is 3.58. The second-order valence-electron chi connectivity index (χ2n) is 4.81. The molecule has 0 saturated heterocycles. The van der Waals surface area contributed by atoms with Crippen LogP contribution in [0.3, 0.4) is 0 Å². The van der Waals surface area contributed by atoms with Gasteiger partial charge in [0.25, 0.3) is 0 Å². The zero-order valence-electron chi connectivity index (χ0n) is 11.8. The lowest BCUT2D eigenvalue weighted by atomic mass is 10.1. The van der Waals surface area contributed by atoms with Gasteiger partial charge in [0, 0.05) is 12.1 Å². The van der Waals surface area contributed by atoms with Gasteiger partial charge in [-0.05, 0) is 49.7 Å². The molecule has 0 amide bonds. The van der Waals surface area contributed by atoms with Crippen LogP contribution in [-0.2, 0) is 13.2 Å². The molecule has 3 nitrogen and oxygen atoms in total. The summed E-state index contributed by atoms with van der Waals surface area (Å²) in [5, 5.41) is 3.27. The Morgan fingerprint density at radius 1 is 1.11 bits per heavy atom. The van der Waals surface area contributed by atoms with Gasteiger partial charge in [-0.2, -0.15) is 0 Å². The van der Waals surface area contributed by atoms with Crippen LogP contribution in [0.15, 0.2) is 34.9 Å². The molecule has 0 saturated carbocycles. The lowest BCUT2D eigenvalue weighted by Gasteiger charge is -2.06. The van der Waals surface area contributed by atoms with Crippen molar-refractivity contribution in [3.05, 3.63) is 53.0 Å². The molecule has 19 heavy (non-hydrogen) atoms. The predicted molar refractivity (Wildman–Crippen MR) is 76.3 cm³/mol. The van der Waals surface area contributed by atoms with Crippen LogP contribution in [0, 0.1) is 13.8 Å². The minimum absolute atomic E-state index is 0.467. The molecule has 0 aliphatic rings. The van der Waals surface area contributed by atoms with E-state index in [1.54, 1.807) is 6.26 Å². The van der Waals surface area contributed by atoms with Crippen LogP contribution >= 0.6 is 0 Å². The topological polar surface area (TPSA) is 34.4 Å². The SMILES string of the molecule is CCNCc1coc(COc2cc(C)cc(C)c2)c1. The molecule has 2 rings (SSSR count). The van der Waals surface area contributed by atoms with Crippen molar-refractivity contribution in [3.63, 3.8) is 0 Å². The van der Waals surface area contributed by atoms with Gasteiger partial charge in [0.05, 0.1) is 6.26 Å². The molecule has 102 valence electrons. The highest BCUT2D eigenvalue weighted by Crippen LogP contribution is 2.18. The van der Waals surface area contributed by atoms with Crippen LogP contribution < -0.4 is 10.1 Å². The lowest BCUT2D eigenvalue weighted by molar-refractivity contribution is 0.270. The maximum atomic E-state index is 5.76. The molecule has 0 aliphatic heterocycles. The molecule has 2 aromatic rings. The third-order valence-corrected chi connectivity index (χ3v) is 2.86. The van der Waals surface area contributed by atoms with Gasteiger partial charge < -0.3 is 14.5 Å². The van der Waals surface area contributed by atoms with Gasteiger partial charge in [-0.3, -0.25) is 0 Å². The number of aryl methyl sites for hydroxylation is 2. The molecular formula is C16H21NO2. The van der Waals surface area contributed by atoms with E-state index in [0.717, 1.165) is 30.2 Å². The second-order valence-corrected chi connectivity index (χ2v) is 4.81. The van der Waals surface area contributed by atoms with Gasteiger partial charge >= 0.3 is 0 Å². The van der Waals surface area contributed by atoms with Crippen molar-refractivity contribution in [2.24, 2.45) is 0 Å². The molecule has 0 unspecified atom stereocenters. The second kappa shape index (κ2) is 6.43. The molecule has 0 aliphatic carbocycles. The van der Waals surface area contributed by atoms with Gasteiger partial charge in [0.1, 0.15) is 18.1 Å². The monoisotopic (exact) mass is 259 g/mol. The highest BCUT2D eigenvalue weighted by Gasteiger charge is 2.03. The first kappa shape index (κ1) is 13.7. The van der Waals surface area contributed by atoms with Gasteiger partial charge in [-0.1, -0.05) is 13.0 Å². The molecule has 0 fully saturated rings. The number of hydrogen-bond donors (Lipinski definition) is 1. The maximum absolute atomic E-state index is 5.76. The molecule has 1 aromatic carbocycles. The summed E-state index contributed by atoms with van der Waals surface area (Å²) in [6, 6.07) is 8.24. The summed E-state index contributed by atoms with van der Waals surface area (Å²) in [6.45, 7) is 8.49. The van der Waals surface area contributed by atoms with Crippen molar-refractivity contribution in [1.29, 1.82) is 0 Å². The molecule has 1 N–H and O–H groups in total. The van der Waals surface area contributed by atoms with E-state index in [4.69, 9.17) is 9.15 Å². The first-order valence-electron chi connectivity index (χ1n) is 6.65. The minimum atomic E-state index is 0.467. The Balaban J connectivity index is 1.92. The summed E-state index contributed by atoms with van der Waals surface area (Å²) in [6.07, 6.45) is 1.78. The quantitative estimate of drug-likeness (QED) is 0.861. The normalized spacial score (nSPS) is 10.7. The third-order valence-electron chi connectivity index (χ3n) is 2.86. The fourth-order valence-electron chi connectivity index (χ4n) is 2.03. The summed E-state index contributed by atoms with van der Waals surface area (Å²) in [5.41, 5.74) is 3.57. The van der Waals surface area contributed by atoms with Crippen LogP contribution in [0.25, 0.3) is 0 Å². The lowest BCUT2D eigenvalue weighted by Crippen LogP contribution is -2.10. The van der Waals surface area contributed by atoms with Crippen LogP contribution in [0.2, 0.25) is 0 Å². The number of furan rings is 1. The van der Waals surface area contributed by atoms with E-state index >= 15 is 0 Å². The summed E-state index contributed by atoms with van der Waals surface area (Å²) in [4.78, 5) is 0. The number of rotatable bonds is 6. The Morgan fingerprint density at radius 2 is 1.84 bits per heavy atom. The average molecular weight is 259 g/mol. The van der Waals surface area contributed by atoms with Gasteiger partial charge in [0.2, 0.25) is 0 Å². The van der Waals surface area contributed by atoms with E-state index in [-0.39, 0.29) is 0 Å². The van der Waals surface area contributed by atoms with Crippen LogP contribution in [-0.4, -0.2) is 6.54 Å². The Morgan fingerprint density at radius 3 is 2.53 bits per heavy atom. The smallest absolute Gasteiger partial charge is 0.146 e. The Hall–Kier alpha value is -1.74. The van der Waals surface area contributed by atoms with Crippen molar-refractivity contribution >= 4 is 0 Å². The third kappa shape index (κ3) is 4.14. The van der Waals surface area contributed by atoms with Crippen molar-refractivity contribution in [3.8, 4) is 5.75 Å². The van der Waals surface area contributed by atoms with E-state index in [0.29, 0.717) is 6.61 Å². The standard InChI is InChI=1S/C16H21NO2/c1-4-17-9-14-8-16(18-10-14)11-19-15-6-12(2)5-13(3)7-15/h5-8,10,17H,4,9,11H2,1-3H3. The molecular weight excluding hydrogens is 238 g/mol. The molecule has 0 spiro atoms. The highest BCUT2D eigenvalue weighted by atomic mass is 16.5. The van der Waals surface area contributed by atoms with Gasteiger partial charge in [-0.25, -0.2) is 0 Å². The van der Waals surface area contributed by atoms with Crippen molar-refractivity contribution in [2.45, 2.75) is 33.9 Å². The molecule has 1 heterocycles. The van der Waals surface area contributed by atoms with Crippen molar-refractivity contribution < 1.29 is 9.15 Å². The molecule has 0 bridgehead atoms. The van der Waals surface area contributed by atoms with Crippen LogP contribution in [0.1, 0.15) is 29.4 Å². The Bertz CT molecular complexity index is 511. The van der Waals surface area contributed by atoms with E-state index in [2.05, 4.69) is 32.2 Å². The van der Waals surface area contributed by atoms with Gasteiger partial charge in [-0.15, -0.1) is 0 Å².